The lowest BCUT2D eigenvalue weighted by Gasteiger charge is -2.12. The van der Waals surface area contributed by atoms with Gasteiger partial charge in [0.25, 0.3) is 0 Å². The Morgan fingerprint density at radius 1 is 1.24 bits per heavy atom. The number of hydrogen-bond acceptors (Lipinski definition) is 6. The number of imidazole rings is 1. The van der Waals surface area contributed by atoms with E-state index in [-0.39, 0.29) is 11.7 Å². The predicted molar refractivity (Wildman–Crippen MR) is 72.5 cm³/mol. The van der Waals surface area contributed by atoms with Crippen LogP contribution < -0.4 is 15.8 Å². The molecule has 0 saturated carbocycles. The molecule has 0 unspecified atom stereocenters. The largest absolute Gasteiger partial charge is 0.433 e. The molecule has 0 bridgehead atoms. The van der Waals surface area contributed by atoms with Crippen molar-refractivity contribution in [2.45, 2.75) is 6.61 Å². The van der Waals surface area contributed by atoms with Crippen LogP contribution in [0.2, 0.25) is 0 Å². The van der Waals surface area contributed by atoms with E-state index in [9.17, 15) is 8.78 Å². The number of fused-ring (bicyclic) bond motifs is 1. The van der Waals surface area contributed by atoms with E-state index in [0.717, 1.165) is 0 Å². The summed E-state index contributed by atoms with van der Waals surface area (Å²) in [4.78, 5) is 14.8. The summed E-state index contributed by atoms with van der Waals surface area (Å²) in [6.45, 7) is -2.92. The molecule has 1 aromatic carbocycles. The van der Waals surface area contributed by atoms with Gasteiger partial charge in [0.1, 0.15) is 11.3 Å². The van der Waals surface area contributed by atoms with Crippen LogP contribution in [-0.4, -0.2) is 26.5 Å². The number of ether oxygens (including phenoxy) is 1. The van der Waals surface area contributed by atoms with Gasteiger partial charge in [0.2, 0.25) is 5.95 Å². The summed E-state index contributed by atoms with van der Waals surface area (Å²) in [5, 5.41) is 2.89. The topological polar surface area (TPSA) is 102 Å². The molecule has 0 saturated heterocycles. The summed E-state index contributed by atoms with van der Waals surface area (Å²) in [6, 6.07) is 6.26. The number of nitrogens with zero attached hydrogens (tertiary/aromatic N) is 3. The highest BCUT2D eigenvalue weighted by molar-refractivity contribution is 5.86. The second-order valence-corrected chi connectivity index (χ2v) is 4.03. The Bertz CT molecular complexity index is 775. The lowest BCUT2D eigenvalue weighted by Crippen LogP contribution is -2.06. The number of nitrogens with two attached hydrogens (primary N) is 1. The van der Waals surface area contributed by atoms with E-state index in [1.807, 2.05) is 0 Å². The molecule has 2 heterocycles. The number of para-hydroxylation sites is 2. The van der Waals surface area contributed by atoms with Gasteiger partial charge in [-0.1, -0.05) is 12.1 Å². The Morgan fingerprint density at radius 3 is 2.86 bits per heavy atom. The van der Waals surface area contributed by atoms with E-state index in [0.29, 0.717) is 22.7 Å². The third-order valence-corrected chi connectivity index (χ3v) is 2.66. The maximum absolute atomic E-state index is 12.4. The summed E-state index contributed by atoms with van der Waals surface area (Å²) in [6.07, 6.45) is 1.44. The van der Waals surface area contributed by atoms with Crippen LogP contribution in [0, 0.1) is 0 Å². The van der Waals surface area contributed by atoms with Gasteiger partial charge < -0.3 is 20.8 Å². The normalized spacial score (nSPS) is 11.0. The lowest BCUT2D eigenvalue weighted by molar-refractivity contribution is -0.0493. The molecular weight excluding hydrogens is 282 g/mol. The molecule has 9 heteroatoms. The third kappa shape index (κ3) is 2.66. The molecule has 4 N–H and O–H groups in total. The average molecular weight is 292 g/mol. The van der Waals surface area contributed by atoms with Gasteiger partial charge in [0, 0.05) is 0 Å². The van der Waals surface area contributed by atoms with Crippen LogP contribution in [-0.2, 0) is 0 Å². The van der Waals surface area contributed by atoms with E-state index >= 15 is 0 Å². The first-order chi connectivity index (χ1) is 10.1. The molecule has 2 aromatic heterocycles. The van der Waals surface area contributed by atoms with E-state index < -0.39 is 6.61 Å². The second-order valence-electron chi connectivity index (χ2n) is 4.03. The number of H-pyrrole nitrogens is 1. The Kier molecular flexibility index (Phi) is 3.22. The van der Waals surface area contributed by atoms with Crippen LogP contribution in [0.3, 0.4) is 0 Å². The van der Waals surface area contributed by atoms with Crippen molar-refractivity contribution in [1.82, 2.24) is 19.9 Å². The molecule has 3 rings (SSSR count). The van der Waals surface area contributed by atoms with Crippen LogP contribution >= 0.6 is 0 Å². The number of alkyl halides is 2. The van der Waals surface area contributed by atoms with E-state index in [4.69, 9.17) is 5.73 Å². The smallest absolute Gasteiger partial charge is 0.387 e. The molecule has 0 atom stereocenters. The van der Waals surface area contributed by atoms with Crippen molar-refractivity contribution in [3.63, 3.8) is 0 Å². The zero-order valence-corrected chi connectivity index (χ0v) is 10.5. The van der Waals surface area contributed by atoms with Gasteiger partial charge in [-0.2, -0.15) is 18.7 Å². The molecule has 0 amide bonds. The first-order valence-corrected chi connectivity index (χ1v) is 5.91. The number of aromatic amines is 1. The zero-order chi connectivity index (χ0) is 14.8. The number of hydrogen-bond donors (Lipinski definition) is 3. The number of nitrogens with one attached hydrogen (secondary N) is 2. The fourth-order valence-corrected chi connectivity index (χ4v) is 1.84. The van der Waals surface area contributed by atoms with Gasteiger partial charge in [-0.25, -0.2) is 4.98 Å². The first-order valence-electron chi connectivity index (χ1n) is 5.91. The standard InChI is InChI=1S/C12H10F2N6O/c13-11(14)21-7-4-2-1-3-6(7)18-10-8-9(17-5-16-8)19-12(15)20-10/h1-5,11H,(H4,15,16,17,18,19,20). The van der Waals surface area contributed by atoms with Gasteiger partial charge in [-0.05, 0) is 12.1 Å². The molecule has 0 aliphatic rings. The van der Waals surface area contributed by atoms with Crippen molar-refractivity contribution < 1.29 is 13.5 Å². The van der Waals surface area contributed by atoms with E-state index in [2.05, 4.69) is 30.0 Å². The summed E-state index contributed by atoms with van der Waals surface area (Å²) in [5.41, 5.74) is 6.80. The highest BCUT2D eigenvalue weighted by Crippen LogP contribution is 2.30. The molecule has 0 radical (unpaired) electrons. The lowest BCUT2D eigenvalue weighted by atomic mass is 10.3. The molecule has 0 fully saturated rings. The van der Waals surface area contributed by atoms with Crippen LogP contribution in [0.5, 0.6) is 5.75 Å². The first kappa shape index (κ1) is 13.0. The fourth-order valence-electron chi connectivity index (χ4n) is 1.84. The van der Waals surface area contributed by atoms with Crippen molar-refractivity contribution >= 4 is 28.6 Å². The summed E-state index contributed by atoms with van der Waals surface area (Å²) in [7, 11) is 0. The molecule has 7 nitrogen and oxygen atoms in total. The van der Waals surface area contributed by atoms with Gasteiger partial charge in [0.15, 0.2) is 11.5 Å². The quantitative estimate of drug-likeness (QED) is 0.682. The van der Waals surface area contributed by atoms with Crippen LogP contribution in [0.1, 0.15) is 0 Å². The minimum absolute atomic E-state index is 0.00245. The van der Waals surface area contributed by atoms with Gasteiger partial charge in [0.05, 0.1) is 12.0 Å². The Balaban J connectivity index is 2.01. The Labute approximate surface area is 117 Å². The molecule has 108 valence electrons. The summed E-state index contributed by atoms with van der Waals surface area (Å²) in [5.74, 6) is 0.335. The third-order valence-electron chi connectivity index (χ3n) is 2.66. The maximum Gasteiger partial charge on any atom is 0.387 e. The van der Waals surface area contributed by atoms with Crippen LogP contribution in [0.15, 0.2) is 30.6 Å². The summed E-state index contributed by atoms with van der Waals surface area (Å²) < 4.78 is 29.2. The van der Waals surface area contributed by atoms with Gasteiger partial charge in [-0.3, -0.25) is 0 Å². The summed E-state index contributed by atoms with van der Waals surface area (Å²) >= 11 is 0. The molecule has 3 aromatic rings. The second kappa shape index (κ2) is 5.19. The van der Waals surface area contributed by atoms with Crippen molar-refractivity contribution in [2.24, 2.45) is 0 Å². The number of halogens is 2. The number of aromatic nitrogens is 4. The van der Waals surface area contributed by atoms with Crippen molar-refractivity contribution in [3.05, 3.63) is 30.6 Å². The molecule has 21 heavy (non-hydrogen) atoms. The average Bonchev–Trinajstić information content (AvgIpc) is 2.88. The molecule has 0 spiro atoms. The number of anilines is 3. The number of rotatable bonds is 4. The minimum atomic E-state index is -2.92. The van der Waals surface area contributed by atoms with Crippen molar-refractivity contribution in [1.29, 1.82) is 0 Å². The molecule has 0 aliphatic heterocycles. The monoisotopic (exact) mass is 292 g/mol. The number of nitrogen functional groups attached to an aromatic ring is 1. The maximum atomic E-state index is 12.4. The Hall–Kier alpha value is -2.97. The SMILES string of the molecule is Nc1nc(Nc2ccccc2OC(F)F)c2[nH]cnc2n1. The number of benzene rings is 1. The zero-order valence-electron chi connectivity index (χ0n) is 10.5. The highest BCUT2D eigenvalue weighted by Gasteiger charge is 2.13. The fraction of sp³-hybridized carbons (Fsp3) is 0.0833. The van der Waals surface area contributed by atoms with Crippen molar-refractivity contribution in [2.75, 3.05) is 11.1 Å². The highest BCUT2D eigenvalue weighted by atomic mass is 19.3. The van der Waals surface area contributed by atoms with Crippen LogP contribution in [0.25, 0.3) is 11.2 Å². The predicted octanol–water partition coefficient (Wildman–Crippen LogP) is 2.28. The Morgan fingerprint density at radius 2 is 2.05 bits per heavy atom. The minimum Gasteiger partial charge on any atom is -0.433 e. The van der Waals surface area contributed by atoms with Gasteiger partial charge in [-0.15, -0.1) is 0 Å². The van der Waals surface area contributed by atoms with Crippen molar-refractivity contribution in [3.8, 4) is 5.75 Å². The van der Waals surface area contributed by atoms with E-state index in [1.54, 1.807) is 18.2 Å². The molecular formula is C12H10F2N6O. The molecule has 0 aliphatic carbocycles. The van der Waals surface area contributed by atoms with Crippen LogP contribution in [0.4, 0.5) is 26.2 Å². The van der Waals surface area contributed by atoms with E-state index in [1.165, 1.54) is 12.4 Å². The van der Waals surface area contributed by atoms with Gasteiger partial charge >= 0.3 is 6.61 Å².